The summed E-state index contributed by atoms with van der Waals surface area (Å²) in [5, 5.41) is 0. The van der Waals surface area contributed by atoms with Gasteiger partial charge < -0.3 is 4.90 Å². The number of fused-ring (bicyclic) bond motifs is 1. The SMILES string of the molecule is C#CC1=C(N2CCC3(CC2)CC(C)C3)c2ccncc2CC1=O. The molecule has 0 radical (unpaired) electrons. The van der Waals surface area contributed by atoms with Crippen molar-refractivity contribution in [1.29, 1.82) is 0 Å². The van der Waals surface area contributed by atoms with Crippen molar-refractivity contribution in [3.05, 3.63) is 35.2 Å². The van der Waals surface area contributed by atoms with E-state index in [-0.39, 0.29) is 5.78 Å². The van der Waals surface area contributed by atoms with E-state index in [0.717, 1.165) is 35.8 Å². The minimum atomic E-state index is 0.0561. The van der Waals surface area contributed by atoms with Crippen molar-refractivity contribution >= 4 is 11.5 Å². The highest BCUT2D eigenvalue weighted by molar-refractivity contribution is 6.10. The Morgan fingerprint density at radius 2 is 2.09 bits per heavy atom. The molecule has 2 aliphatic carbocycles. The first kappa shape index (κ1) is 14.5. The van der Waals surface area contributed by atoms with Gasteiger partial charge in [-0.2, -0.15) is 0 Å². The second-order valence-corrected chi connectivity index (χ2v) is 7.50. The third-order valence-corrected chi connectivity index (χ3v) is 5.87. The minimum absolute atomic E-state index is 0.0561. The minimum Gasteiger partial charge on any atom is -0.370 e. The molecular weight excluding hydrogens is 284 g/mol. The highest BCUT2D eigenvalue weighted by Crippen LogP contribution is 2.53. The number of terminal acetylenes is 1. The number of ketones is 1. The molecule has 1 saturated heterocycles. The van der Waals surface area contributed by atoms with Gasteiger partial charge in [0.1, 0.15) is 0 Å². The van der Waals surface area contributed by atoms with Crippen LogP contribution < -0.4 is 0 Å². The van der Waals surface area contributed by atoms with Gasteiger partial charge in [0.25, 0.3) is 0 Å². The number of allylic oxidation sites excluding steroid dienone is 1. The zero-order valence-electron chi connectivity index (χ0n) is 13.6. The van der Waals surface area contributed by atoms with Crippen LogP contribution in [0.3, 0.4) is 0 Å². The van der Waals surface area contributed by atoms with Crippen molar-refractivity contribution in [1.82, 2.24) is 9.88 Å². The van der Waals surface area contributed by atoms with Gasteiger partial charge in [-0.25, -0.2) is 0 Å². The predicted molar refractivity (Wildman–Crippen MR) is 90.3 cm³/mol. The molecule has 0 bridgehead atoms. The number of nitrogens with zero attached hydrogens (tertiary/aromatic N) is 2. The molecule has 2 heterocycles. The van der Waals surface area contributed by atoms with E-state index in [0.29, 0.717) is 17.4 Å². The first-order valence-electron chi connectivity index (χ1n) is 8.54. The van der Waals surface area contributed by atoms with E-state index in [1.54, 1.807) is 12.4 Å². The van der Waals surface area contributed by atoms with Crippen LogP contribution in [-0.4, -0.2) is 28.8 Å². The van der Waals surface area contributed by atoms with E-state index in [4.69, 9.17) is 6.42 Å². The van der Waals surface area contributed by atoms with Crippen LogP contribution in [0, 0.1) is 23.7 Å². The molecule has 0 atom stereocenters. The van der Waals surface area contributed by atoms with Gasteiger partial charge in [-0.1, -0.05) is 12.8 Å². The van der Waals surface area contributed by atoms with Gasteiger partial charge in [-0.3, -0.25) is 9.78 Å². The van der Waals surface area contributed by atoms with Crippen LogP contribution >= 0.6 is 0 Å². The molecule has 0 amide bonds. The molecule has 118 valence electrons. The molecule has 3 aliphatic rings. The van der Waals surface area contributed by atoms with Crippen LogP contribution in [0.4, 0.5) is 0 Å². The first-order valence-corrected chi connectivity index (χ1v) is 8.54. The van der Waals surface area contributed by atoms with Gasteiger partial charge in [0.15, 0.2) is 5.78 Å². The number of carbonyl (C=O) groups is 1. The first-order chi connectivity index (χ1) is 11.1. The van der Waals surface area contributed by atoms with Crippen LogP contribution in [-0.2, 0) is 11.2 Å². The quantitative estimate of drug-likeness (QED) is 0.748. The summed E-state index contributed by atoms with van der Waals surface area (Å²) in [6, 6.07) is 2.00. The number of hydrogen-bond acceptors (Lipinski definition) is 3. The van der Waals surface area contributed by atoms with Crippen LogP contribution in [0.5, 0.6) is 0 Å². The van der Waals surface area contributed by atoms with E-state index in [9.17, 15) is 4.79 Å². The molecule has 2 fully saturated rings. The molecule has 1 saturated carbocycles. The van der Waals surface area contributed by atoms with Crippen LogP contribution in [0.15, 0.2) is 24.0 Å². The third kappa shape index (κ3) is 2.28. The zero-order chi connectivity index (χ0) is 16.0. The zero-order valence-corrected chi connectivity index (χ0v) is 13.6. The standard InChI is InChI=1S/C20H22N2O/c1-3-16-18(23)10-15-13-21-7-4-17(15)19(16)22-8-5-20(6-9-22)11-14(2)12-20/h1,4,7,13-14H,5-6,8-12H2,2H3. The third-order valence-electron chi connectivity index (χ3n) is 5.87. The number of hydrogen-bond donors (Lipinski definition) is 0. The van der Waals surface area contributed by atoms with Gasteiger partial charge in [-0.05, 0) is 48.6 Å². The van der Waals surface area contributed by atoms with Gasteiger partial charge in [-0.15, -0.1) is 6.42 Å². The Bertz CT molecular complexity index is 724. The lowest BCUT2D eigenvalue weighted by Crippen LogP contribution is -2.46. The van der Waals surface area contributed by atoms with Gasteiger partial charge in [0.2, 0.25) is 0 Å². The summed E-state index contributed by atoms with van der Waals surface area (Å²) in [5.41, 5.74) is 4.20. The summed E-state index contributed by atoms with van der Waals surface area (Å²) in [6.07, 6.45) is 14.8. The summed E-state index contributed by atoms with van der Waals surface area (Å²) >= 11 is 0. The lowest BCUT2D eigenvalue weighted by molar-refractivity contribution is -0.114. The topological polar surface area (TPSA) is 33.2 Å². The largest absolute Gasteiger partial charge is 0.370 e. The second-order valence-electron chi connectivity index (χ2n) is 7.50. The van der Waals surface area contributed by atoms with Crippen molar-refractivity contribution in [3.8, 4) is 12.3 Å². The summed E-state index contributed by atoms with van der Waals surface area (Å²) in [6.45, 7) is 4.35. The normalized spacial score (nSPS) is 23.5. The number of rotatable bonds is 1. The fourth-order valence-corrected chi connectivity index (χ4v) is 4.84. The highest BCUT2D eigenvalue weighted by Gasteiger charge is 2.44. The predicted octanol–water partition coefficient (Wildman–Crippen LogP) is 3.06. The van der Waals surface area contributed by atoms with E-state index in [1.807, 2.05) is 6.07 Å². The second kappa shape index (κ2) is 5.23. The Morgan fingerprint density at radius 1 is 1.35 bits per heavy atom. The molecule has 1 aliphatic heterocycles. The van der Waals surface area contributed by atoms with Gasteiger partial charge in [0.05, 0.1) is 11.3 Å². The molecule has 1 spiro atoms. The van der Waals surface area contributed by atoms with E-state index in [2.05, 4.69) is 22.7 Å². The van der Waals surface area contributed by atoms with Crippen molar-refractivity contribution in [2.75, 3.05) is 13.1 Å². The summed E-state index contributed by atoms with van der Waals surface area (Å²) in [4.78, 5) is 18.9. The maximum absolute atomic E-state index is 12.4. The summed E-state index contributed by atoms with van der Waals surface area (Å²) in [7, 11) is 0. The molecule has 0 unspecified atom stereocenters. The maximum atomic E-state index is 12.4. The molecule has 1 aromatic rings. The Morgan fingerprint density at radius 3 is 2.74 bits per heavy atom. The Labute approximate surface area is 137 Å². The number of likely N-dealkylation sites (tertiary alicyclic amines) is 1. The van der Waals surface area contributed by atoms with Crippen LogP contribution in [0.1, 0.15) is 43.7 Å². The molecule has 1 aromatic heterocycles. The van der Waals surface area contributed by atoms with Crippen LogP contribution in [0.25, 0.3) is 5.70 Å². The van der Waals surface area contributed by atoms with E-state index < -0.39 is 0 Å². The molecule has 0 aromatic carbocycles. The Hall–Kier alpha value is -2.08. The van der Waals surface area contributed by atoms with E-state index in [1.165, 1.54) is 25.7 Å². The molecule has 3 heteroatoms. The average molecular weight is 306 g/mol. The fourth-order valence-electron chi connectivity index (χ4n) is 4.84. The summed E-state index contributed by atoms with van der Waals surface area (Å²) in [5.74, 6) is 3.60. The highest BCUT2D eigenvalue weighted by atomic mass is 16.1. The van der Waals surface area contributed by atoms with E-state index >= 15 is 0 Å². The van der Waals surface area contributed by atoms with Gasteiger partial charge >= 0.3 is 0 Å². The number of pyridine rings is 1. The molecule has 4 rings (SSSR count). The number of piperidine rings is 1. The van der Waals surface area contributed by atoms with Crippen molar-refractivity contribution in [3.63, 3.8) is 0 Å². The van der Waals surface area contributed by atoms with Crippen molar-refractivity contribution in [2.45, 2.75) is 39.0 Å². The number of aromatic nitrogens is 1. The van der Waals surface area contributed by atoms with Crippen LogP contribution in [0.2, 0.25) is 0 Å². The summed E-state index contributed by atoms with van der Waals surface area (Å²) < 4.78 is 0. The Balaban J connectivity index is 1.66. The molecule has 23 heavy (non-hydrogen) atoms. The monoisotopic (exact) mass is 306 g/mol. The Kier molecular flexibility index (Phi) is 3.30. The number of carbonyl (C=O) groups excluding carboxylic acids is 1. The molecule has 0 N–H and O–H groups in total. The smallest absolute Gasteiger partial charge is 0.177 e. The molecular formula is C20H22N2O. The van der Waals surface area contributed by atoms with Crippen molar-refractivity contribution < 1.29 is 4.79 Å². The van der Waals surface area contributed by atoms with Crippen molar-refractivity contribution in [2.24, 2.45) is 11.3 Å². The maximum Gasteiger partial charge on any atom is 0.177 e. The lowest BCUT2D eigenvalue weighted by atomic mass is 9.58. The van der Waals surface area contributed by atoms with Gasteiger partial charge in [0, 0.05) is 37.5 Å². The lowest BCUT2D eigenvalue weighted by Gasteiger charge is -2.52. The fraction of sp³-hybridized carbons (Fsp3) is 0.500. The molecule has 3 nitrogen and oxygen atoms in total. The average Bonchev–Trinajstić information content (AvgIpc) is 2.53. The number of Topliss-reactive ketones (excluding diaryl/α,β-unsaturated/α-hetero) is 1.